The Morgan fingerprint density at radius 3 is 2.04 bits per heavy atom. The average Bonchev–Trinajstić information content (AvgIpc) is 2.55. The van der Waals surface area contributed by atoms with E-state index in [4.69, 9.17) is 0 Å². The van der Waals surface area contributed by atoms with Crippen molar-refractivity contribution in [2.45, 2.75) is 47.0 Å². The topological polar surface area (TPSA) is 52.9 Å². The Kier molecular flexibility index (Phi) is 5.67. The van der Waals surface area contributed by atoms with E-state index < -0.39 is 0 Å². The summed E-state index contributed by atoms with van der Waals surface area (Å²) in [6, 6.07) is 14.0. The number of nitrogens with zero attached hydrogens (tertiary/aromatic N) is 1. The van der Waals surface area contributed by atoms with Crippen molar-refractivity contribution in [3.8, 4) is 6.07 Å². The van der Waals surface area contributed by atoms with Gasteiger partial charge >= 0.3 is 0 Å². The molecule has 3 heteroatoms. The van der Waals surface area contributed by atoms with Gasteiger partial charge in [-0.2, -0.15) is 5.26 Å². The second-order valence-electron chi connectivity index (χ2n) is 7.77. The van der Waals surface area contributed by atoms with E-state index in [0.29, 0.717) is 0 Å². The van der Waals surface area contributed by atoms with Gasteiger partial charge in [-0.25, -0.2) is 0 Å². The van der Waals surface area contributed by atoms with Crippen LogP contribution in [0.2, 0.25) is 0 Å². The predicted octanol–water partition coefficient (Wildman–Crippen LogP) is 5.46. The van der Waals surface area contributed by atoms with E-state index in [1.807, 2.05) is 63.2 Å². The molecule has 26 heavy (non-hydrogen) atoms. The van der Waals surface area contributed by atoms with Crippen molar-refractivity contribution in [1.82, 2.24) is 0 Å². The van der Waals surface area contributed by atoms with Crippen molar-refractivity contribution in [2.75, 3.05) is 5.32 Å². The lowest BCUT2D eigenvalue weighted by Gasteiger charge is -2.18. The third-order valence-electron chi connectivity index (χ3n) is 4.37. The predicted molar refractivity (Wildman–Crippen MR) is 108 cm³/mol. The van der Waals surface area contributed by atoms with Crippen LogP contribution < -0.4 is 5.32 Å². The molecule has 0 spiro atoms. The van der Waals surface area contributed by atoms with E-state index in [0.717, 1.165) is 27.9 Å². The summed E-state index contributed by atoms with van der Waals surface area (Å²) in [7, 11) is 0. The summed E-state index contributed by atoms with van der Waals surface area (Å²) in [5, 5.41) is 12.3. The monoisotopic (exact) mass is 346 g/mol. The average molecular weight is 346 g/mol. The van der Waals surface area contributed by atoms with Crippen LogP contribution in [0.1, 0.15) is 48.6 Å². The van der Waals surface area contributed by atoms with Gasteiger partial charge in [0.05, 0.1) is 0 Å². The Labute approximate surface area is 156 Å². The number of hydrogen-bond acceptors (Lipinski definition) is 2. The first kappa shape index (κ1) is 19.5. The van der Waals surface area contributed by atoms with Crippen LogP contribution in [0.3, 0.4) is 0 Å². The van der Waals surface area contributed by atoms with Gasteiger partial charge in [-0.3, -0.25) is 4.79 Å². The van der Waals surface area contributed by atoms with Gasteiger partial charge in [0.2, 0.25) is 0 Å². The lowest BCUT2D eigenvalue weighted by molar-refractivity contribution is -0.112. The number of aryl methyl sites for hydroxylation is 3. The number of hydrogen-bond donors (Lipinski definition) is 1. The molecule has 0 saturated heterocycles. The van der Waals surface area contributed by atoms with Crippen molar-refractivity contribution >= 4 is 17.7 Å². The summed E-state index contributed by atoms with van der Waals surface area (Å²) < 4.78 is 0. The fraction of sp³-hybridized carbons (Fsp3) is 0.304. The second-order valence-corrected chi connectivity index (χ2v) is 7.77. The zero-order valence-corrected chi connectivity index (χ0v) is 16.4. The van der Waals surface area contributed by atoms with Crippen LogP contribution in [-0.2, 0) is 10.2 Å². The Balaban J connectivity index is 2.27. The third kappa shape index (κ3) is 4.61. The smallest absolute Gasteiger partial charge is 0.266 e. The SMILES string of the molecule is Cc1cc(C)c(NC(=O)/C(C#N)=C\c2ccc(C(C)(C)C)cc2)c(C)c1. The van der Waals surface area contributed by atoms with Gasteiger partial charge in [0, 0.05) is 5.69 Å². The highest BCUT2D eigenvalue weighted by molar-refractivity contribution is 6.10. The maximum absolute atomic E-state index is 12.6. The maximum Gasteiger partial charge on any atom is 0.266 e. The van der Waals surface area contributed by atoms with Gasteiger partial charge in [0.25, 0.3) is 5.91 Å². The van der Waals surface area contributed by atoms with Crippen molar-refractivity contribution < 1.29 is 4.79 Å². The highest BCUT2D eigenvalue weighted by Crippen LogP contribution is 2.24. The molecule has 0 aromatic heterocycles. The molecule has 2 aromatic rings. The molecule has 1 amide bonds. The molecule has 0 bridgehead atoms. The molecule has 0 saturated carbocycles. The third-order valence-corrected chi connectivity index (χ3v) is 4.37. The van der Waals surface area contributed by atoms with Crippen LogP contribution >= 0.6 is 0 Å². The van der Waals surface area contributed by atoms with E-state index in [1.165, 1.54) is 5.56 Å². The Hall–Kier alpha value is -2.86. The lowest BCUT2D eigenvalue weighted by Crippen LogP contribution is -2.15. The minimum absolute atomic E-state index is 0.0676. The van der Waals surface area contributed by atoms with E-state index in [2.05, 4.69) is 26.1 Å². The zero-order chi connectivity index (χ0) is 19.5. The van der Waals surface area contributed by atoms with Crippen molar-refractivity contribution in [1.29, 1.82) is 5.26 Å². The zero-order valence-electron chi connectivity index (χ0n) is 16.4. The minimum Gasteiger partial charge on any atom is -0.321 e. The van der Waals surface area contributed by atoms with Gasteiger partial charge in [0.1, 0.15) is 11.6 Å². The number of nitrogens with one attached hydrogen (secondary N) is 1. The molecule has 0 aliphatic rings. The van der Waals surface area contributed by atoms with Crippen LogP contribution in [-0.4, -0.2) is 5.91 Å². The van der Waals surface area contributed by atoms with Gasteiger partial charge in [0.15, 0.2) is 0 Å². The standard InChI is InChI=1S/C23H26N2O/c1-15-11-16(2)21(17(3)12-15)25-22(26)19(14-24)13-18-7-9-20(10-8-18)23(4,5)6/h7-13H,1-6H3,(H,25,26)/b19-13-. The number of carbonyl (C=O) groups excluding carboxylic acids is 1. The largest absolute Gasteiger partial charge is 0.321 e. The number of nitriles is 1. The number of benzene rings is 2. The molecular weight excluding hydrogens is 320 g/mol. The molecule has 0 unspecified atom stereocenters. The van der Waals surface area contributed by atoms with Gasteiger partial charge in [-0.1, -0.05) is 62.7 Å². The summed E-state index contributed by atoms with van der Waals surface area (Å²) in [6.07, 6.45) is 1.63. The summed E-state index contributed by atoms with van der Waals surface area (Å²) in [6.45, 7) is 12.4. The molecule has 0 atom stereocenters. The number of anilines is 1. The maximum atomic E-state index is 12.6. The first-order valence-electron chi connectivity index (χ1n) is 8.73. The molecule has 3 nitrogen and oxygen atoms in total. The van der Waals surface area contributed by atoms with Crippen LogP contribution in [0.5, 0.6) is 0 Å². The number of amides is 1. The first-order valence-corrected chi connectivity index (χ1v) is 8.73. The summed E-state index contributed by atoms with van der Waals surface area (Å²) >= 11 is 0. The molecule has 0 aliphatic carbocycles. The Bertz CT molecular complexity index is 868. The summed E-state index contributed by atoms with van der Waals surface area (Å²) in [5.74, 6) is -0.387. The van der Waals surface area contributed by atoms with E-state index in [9.17, 15) is 10.1 Å². The molecular formula is C23H26N2O. The lowest BCUT2D eigenvalue weighted by atomic mass is 9.86. The van der Waals surface area contributed by atoms with E-state index >= 15 is 0 Å². The second kappa shape index (κ2) is 7.58. The molecule has 1 N–H and O–H groups in total. The summed E-state index contributed by atoms with van der Waals surface area (Å²) in [4.78, 5) is 12.6. The molecule has 0 heterocycles. The van der Waals surface area contributed by atoms with Crippen LogP contribution in [0.25, 0.3) is 6.08 Å². The molecule has 134 valence electrons. The van der Waals surface area contributed by atoms with Crippen LogP contribution in [0, 0.1) is 32.1 Å². The highest BCUT2D eigenvalue weighted by Gasteiger charge is 2.15. The van der Waals surface area contributed by atoms with Gasteiger partial charge in [-0.05, 0) is 54.5 Å². The van der Waals surface area contributed by atoms with Crippen molar-refractivity contribution in [3.63, 3.8) is 0 Å². The first-order chi connectivity index (χ1) is 12.1. The van der Waals surface area contributed by atoms with Crippen molar-refractivity contribution in [2.24, 2.45) is 0 Å². The van der Waals surface area contributed by atoms with Gasteiger partial charge in [-0.15, -0.1) is 0 Å². The van der Waals surface area contributed by atoms with Crippen molar-refractivity contribution in [3.05, 3.63) is 69.8 Å². The molecule has 2 rings (SSSR count). The molecule has 2 aromatic carbocycles. The van der Waals surface area contributed by atoms with Crippen LogP contribution in [0.15, 0.2) is 42.0 Å². The fourth-order valence-corrected chi connectivity index (χ4v) is 2.95. The Morgan fingerprint density at radius 2 is 1.58 bits per heavy atom. The van der Waals surface area contributed by atoms with E-state index in [-0.39, 0.29) is 16.9 Å². The molecule has 0 aliphatic heterocycles. The minimum atomic E-state index is -0.387. The number of rotatable bonds is 3. The molecule has 0 radical (unpaired) electrons. The molecule has 0 fully saturated rings. The highest BCUT2D eigenvalue weighted by atomic mass is 16.1. The van der Waals surface area contributed by atoms with Crippen LogP contribution in [0.4, 0.5) is 5.69 Å². The Morgan fingerprint density at radius 1 is 1.04 bits per heavy atom. The van der Waals surface area contributed by atoms with E-state index in [1.54, 1.807) is 6.08 Å². The normalized spacial score (nSPS) is 11.8. The summed E-state index contributed by atoms with van der Waals surface area (Å²) in [5.41, 5.74) is 6.10. The fourth-order valence-electron chi connectivity index (χ4n) is 2.95. The quantitative estimate of drug-likeness (QED) is 0.593. The van der Waals surface area contributed by atoms with Gasteiger partial charge < -0.3 is 5.32 Å². The number of carbonyl (C=O) groups is 1.